The standard InChI is InChI=1S/C31H33F2N3O5S/c1-31(2,3)35-29(37)21-9-6-8-20(16-21)23-17-24-26(18-25(23)36(15-7-14-32)42(5,39)40)41-28(27(24)30(38)34-4)19-10-12-22(33)13-11-19/h6,8-13,16-18H,7,14-15H2,1-5H3,(H,34,38)(H,35,37). The Morgan fingerprint density at radius 3 is 2.26 bits per heavy atom. The molecule has 0 aliphatic heterocycles. The first kappa shape index (κ1) is 30.7. The van der Waals surface area contributed by atoms with Gasteiger partial charge in [-0.25, -0.2) is 12.8 Å². The fraction of sp³-hybridized carbons (Fsp3) is 0.290. The number of furan rings is 1. The molecular formula is C31H33F2N3O5S. The first-order valence-electron chi connectivity index (χ1n) is 13.3. The van der Waals surface area contributed by atoms with Crippen molar-refractivity contribution in [1.82, 2.24) is 10.6 Å². The third-order valence-electron chi connectivity index (χ3n) is 6.46. The van der Waals surface area contributed by atoms with Gasteiger partial charge in [0.1, 0.15) is 17.2 Å². The molecule has 4 rings (SSSR count). The molecule has 0 fully saturated rings. The van der Waals surface area contributed by atoms with E-state index >= 15 is 0 Å². The van der Waals surface area contributed by atoms with Crippen molar-refractivity contribution < 1.29 is 31.2 Å². The van der Waals surface area contributed by atoms with Gasteiger partial charge >= 0.3 is 0 Å². The number of carbonyl (C=O) groups is 2. The lowest BCUT2D eigenvalue weighted by Gasteiger charge is -2.25. The molecule has 0 saturated carbocycles. The normalized spacial score (nSPS) is 11.9. The van der Waals surface area contributed by atoms with Crippen LogP contribution in [0.3, 0.4) is 0 Å². The van der Waals surface area contributed by atoms with Crippen molar-refractivity contribution in [2.45, 2.75) is 32.7 Å². The second-order valence-electron chi connectivity index (χ2n) is 10.9. The van der Waals surface area contributed by atoms with Crippen LogP contribution in [0, 0.1) is 5.82 Å². The first-order valence-corrected chi connectivity index (χ1v) is 15.1. The molecule has 0 radical (unpaired) electrons. The molecule has 222 valence electrons. The highest BCUT2D eigenvalue weighted by atomic mass is 32.2. The van der Waals surface area contributed by atoms with E-state index in [-0.39, 0.29) is 41.5 Å². The van der Waals surface area contributed by atoms with Crippen LogP contribution in [0.1, 0.15) is 47.9 Å². The molecular weight excluding hydrogens is 564 g/mol. The highest BCUT2D eigenvalue weighted by molar-refractivity contribution is 7.92. The molecule has 8 nitrogen and oxygen atoms in total. The number of fused-ring (bicyclic) bond motifs is 1. The Morgan fingerprint density at radius 1 is 0.976 bits per heavy atom. The number of rotatable bonds is 9. The zero-order valence-corrected chi connectivity index (χ0v) is 24.9. The van der Waals surface area contributed by atoms with Gasteiger partial charge < -0.3 is 15.1 Å². The number of amides is 2. The van der Waals surface area contributed by atoms with E-state index in [4.69, 9.17) is 4.42 Å². The summed E-state index contributed by atoms with van der Waals surface area (Å²) in [6.07, 6.45) is 0.968. The molecule has 0 aliphatic carbocycles. The number of nitrogens with one attached hydrogen (secondary N) is 2. The van der Waals surface area contributed by atoms with Gasteiger partial charge in [-0.2, -0.15) is 0 Å². The summed E-state index contributed by atoms with van der Waals surface area (Å²) in [5.74, 6) is -1.09. The monoisotopic (exact) mass is 597 g/mol. The molecule has 0 atom stereocenters. The molecule has 0 saturated heterocycles. The average molecular weight is 598 g/mol. The van der Waals surface area contributed by atoms with E-state index in [0.29, 0.717) is 27.6 Å². The summed E-state index contributed by atoms with van der Waals surface area (Å²) in [5, 5.41) is 5.88. The van der Waals surface area contributed by atoms with E-state index in [9.17, 15) is 26.8 Å². The van der Waals surface area contributed by atoms with Gasteiger partial charge in [0.25, 0.3) is 11.8 Å². The van der Waals surface area contributed by atoms with Gasteiger partial charge in [0.2, 0.25) is 10.0 Å². The summed E-state index contributed by atoms with van der Waals surface area (Å²) in [6, 6.07) is 15.2. The van der Waals surface area contributed by atoms with E-state index in [1.54, 1.807) is 30.3 Å². The number of hydrogen-bond donors (Lipinski definition) is 2. The quantitative estimate of drug-likeness (QED) is 0.249. The van der Waals surface area contributed by atoms with Gasteiger partial charge in [-0.05, 0) is 75.2 Å². The van der Waals surface area contributed by atoms with E-state index < -0.39 is 34.0 Å². The number of anilines is 1. The SMILES string of the molecule is CNC(=O)c1c(-c2ccc(F)cc2)oc2cc(N(CCCF)S(C)(=O)=O)c(-c3cccc(C(=O)NC(C)(C)C)c3)cc12. The molecule has 3 aromatic carbocycles. The summed E-state index contributed by atoms with van der Waals surface area (Å²) >= 11 is 0. The maximum atomic E-state index is 13.7. The van der Waals surface area contributed by atoms with Crippen molar-refractivity contribution in [3.05, 3.63) is 77.6 Å². The highest BCUT2D eigenvalue weighted by Crippen LogP contribution is 2.42. The van der Waals surface area contributed by atoms with Crippen molar-refractivity contribution in [3.8, 4) is 22.5 Å². The van der Waals surface area contributed by atoms with Crippen molar-refractivity contribution in [3.63, 3.8) is 0 Å². The number of benzene rings is 3. The molecule has 2 N–H and O–H groups in total. The third-order valence-corrected chi connectivity index (χ3v) is 7.63. The Morgan fingerprint density at radius 2 is 1.67 bits per heavy atom. The van der Waals surface area contributed by atoms with Crippen LogP contribution < -0.4 is 14.9 Å². The van der Waals surface area contributed by atoms with Crippen molar-refractivity contribution >= 4 is 38.5 Å². The number of nitrogens with zero attached hydrogens (tertiary/aromatic N) is 1. The molecule has 11 heteroatoms. The molecule has 42 heavy (non-hydrogen) atoms. The summed E-state index contributed by atoms with van der Waals surface area (Å²) in [4.78, 5) is 26.1. The molecule has 1 heterocycles. The van der Waals surface area contributed by atoms with Crippen LogP contribution in [0.5, 0.6) is 0 Å². The zero-order chi connectivity index (χ0) is 30.8. The Hall–Kier alpha value is -4.25. The van der Waals surface area contributed by atoms with Crippen LogP contribution in [0.2, 0.25) is 0 Å². The van der Waals surface area contributed by atoms with Crippen LogP contribution in [0.4, 0.5) is 14.5 Å². The van der Waals surface area contributed by atoms with Crippen molar-refractivity contribution in [2.24, 2.45) is 0 Å². The summed E-state index contributed by atoms with van der Waals surface area (Å²) in [5.41, 5.74) is 1.72. The summed E-state index contributed by atoms with van der Waals surface area (Å²) in [6.45, 7) is 4.68. The van der Waals surface area contributed by atoms with E-state index in [2.05, 4.69) is 10.6 Å². The fourth-order valence-electron chi connectivity index (χ4n) is 4.63. The lowest BCUT2D eigenvalue weighted by Crippen LogP contribution is -2.40. The topological polar surface area (TPSA) is 109 Å². The molecule has 2 amide bonds. The van der Waals surface area contributed by atoms with Gasteiger partial charge in [-0.1, -0.05) is 12.1 Å². The van der Waals surface area contributed by atoms with Crippen LogP contribution in [0.15, 0.2) is 65.1 Å². The zero-order valence-electron chi connectivity index (χ0n) is 24.0. The van der Waals surface area contributed by atoms with Gasteiger partial charge in [-0.15, -0.1) is 0 Å². The predicted molar refractivity (Wildman–Crippen MR) is 160 cm³/mol. The maximum absolute atomic E-state index is 13.7. The minimum absolute atomic E-state index is 0.0545. The second-order valence-corrected chi connectivity index (χ2v) is 12.8. The second kappa shape index (κ2) is 11.9. The fourth-order valence-corrected chi connectivity index (χ4v) is 5.60. The van der Waals surface area contributed by atoms with Crippen LogP contribution in [0.25, 0.3) is 33.4 Å². The highest BCUT2D eigenvalue weighted by Gasteiger charge is 2.27. The van der Waals surface area contributed by atoms with Crippen LogP contribution in [-0.2, 0) is 10.0 Å². The van der Waals surface area contributed by atoms with Crippen LogP contribution >= 0.6 is 0 Å². The minimum Gasteiger partial charge on any atom is -0.455 e. The smallest absolute Gasteiger partial charge is 0.255 e. The molecule has 0 aliphatic rings. The van der Waals surface area contributed by atoms with E-state index in [0.717, 1.165) is 10.6 Å². The van der Waals surface area contributed by atoms with Gasteiger partial charge in [0.05, 0.1) is 24.2 Å². The van der Waals surface area contributed by atoms with Gasteiger partial charge in [-0.3, -0.25) is 18.3 Å². The van der Waals surface area contributed by atoms with Crippen molar-refractivity contribution in [2.75, 3.05) is 30.8 Å². The number of hydrogen-bond acceptors (Lipinski definition) is 5. The molecule has 0 bridgehead atoms. The lowest BCUT2D eigenvalue weighted by atomic mass is 9.96. The number of sulfonamides is 1. The molecule has 0 spiro atoms. The first-order chi connectivity index (χ1) is 19.7. The maximum Gasteiger partial charge on any atom is 0.255 e. The van der Waals surface area contributed by atoms with Crippen LogP contribution in [-0.4, -0.2) is 52.3 Å². The van der Waals surface area contributed by atoms with Crippen molar-refractivity contribution in [1.29, 1.82) is 0 Å². The van der Waals surface area contributed by atoms with Gasteiger partial charge in [0.15, 0.2) is 0 Å². The Labute approximate surface area is 243 Å². The average Bonchev–Trinajstić information content (AvgIpc) is 3.29. The minimum atomic E-state index is -3.90. The summed E-state index contributed by atoms with van der Waals surface area (Å²) < 4.78 is 60.1. The molecule has 4 aromatic rings. The number of halogens is 2. The number of carbonyl (C=O) groups excluding carboxylic acids is 2. The predicted octanol–water partition coefficient (Wildman–Crippen LogP) is 5.92. The Kier molecular flexibility index (Phi) is 8.72. The largest absolute Gasteiger partial charge is 0.455 e. The summed E-state index contributed by atoms with van der Waals surface area (Å²) in [7, 11) is -2.43. The van der Waals surface area contributed by atoms with E-state index in [1.807, 2.05) is 20.8 Å². The third kappa shape index (κ3) is 6.62. The van der Waals surface area contributed by atoms with E-state index in [1.165, 1.54) is 37.4 Å². The Balaban J connectivity index is 2.04. The van der Waals surface area contributed by atoms with Gasteiger partial charge in [0, 0.05) is 47.3 Å². The lowest BCUT2D eigenvalue weighted by molar-refractivity contribution is 0.0918. The molecule has 1 aromatic heterocycles. The Bertz CT molecular complexity index is 1740. The number of alkyl halides is 1. The molecule has 0 unspecified atom stereocenters.